The number of hydrogen-bond acceptors (Lipinski definition) is 4. The summed E-state index contributed by atoms with van der Waals surface area (Å²) in [4.78, 5) is 26.1. The molecular weight excluding hydrogens is 334 g/mol. The fourth-order valence-corrected chi connectivity index (χ4v) is 3.45. The topological polar surface area (TPSA) is 48.3 Å². The van der Waals surface area contributed by atoms with E-state index >= 15 is 0 Å². The highest BCUT2D eigenvalue weighted by molar-refractivity contribution is 7.99. The van der Waals surface area contributed by atoms with Crippen molar-refractivity contribution in [1.82, 2.24) is 4.57 Å². The van der Waals surface area contributed by atoms with Gasteiger partial charge in [-0.2, -0.15) is 0 Å². The Bertz CT molecular complexity index is 958. The number of esters is 1. The molecule has 2 aromatic carbocycles. The first-order chi connectivity index (χ1) is 12.2. The fourth-order valence-electron chi connectivity index (χ4n) is 2.67. The number of rotatable bonds is 5. The lowest BCUT2D eigenvalue weighted by Gasteiger charge is -2.09. The maximum Gasteiger partial charge on any atom is 0.340 e. The van der Waals surface area contributed by atoms with Gasteiger partial charge in [0.1, 0.15) is 0 Å². The van der Waals surface area contributed by atoms with Crippen LogP contribution in [0.5, 0.6) is 0 Å². The molecule has 0 aliphatic heterocycles. The van der Waals surface area contributed by atoms with E-state index in [1.165, 1.54) is 11.7 Å². The number of benzene rings is 2. The van der Waals surface area contributed by atoms with Crippen LogP contribution in [0.4, 0.5) is 0 Å². The first-order valence-corrected chi connectivity index (χ1v) is 8.71. The standard InChI is InChI=1S/C20H17NO3S/c1-3-12-25-18-11-7-5-9-15(18)19(22)21-13-16(20(23)24-2)14-8-4-6-10-17(14)21/h3-11,13H,1,12H2,2H3. The van der Waals surface area contributed by atoms with Gasteiger partial charge in [0.25, 0.3) is 5.91 Å². The third kappa shape index (κ3) is 3.23. The van der Waals surface area contributed by atoms with Gasteiger partial charge in [0.15, 0.2) is 0 Å². The van der Waals surface area contributed by atoms with Gasteiger partial charge >= 0.3 is 5.97 Å². The molecule has 0 fully saturated rings. The smallest absolute Gasteiger partial charge is 0.340 e. The molecule has 0 radical (unpaired) electrons. The molecule has 0 amide bonds. The third-order valence-corrected chi connectivity index (χ3v) is 4.88. The van der Waals surface area contributed by atoms with Crippen LogP contribution in [0.15, 0.2) is 72.3 Å². The lowest BCUT2D eigenvalue weighted by molar-refractivity contribution is 0.0603. The minimum Gasteiger partial charge on any atom is -0.465 e. The van der Waals surface area contributed by atoms with E-state index in [0.717, 1.165) is 4.90 Å². The second-order valence-electron chi connectivity index (χ2n) is 5.32. The van der Waals surface area contributed by atoms with Crippen LogP contribution >= 0.6 is 11.8 Å². The van der Waals surface area contributed by atoms with Crippen LogP contribution in [-0.4, -0.2) is 29.3 Å². The van der Waals surface area contributed by atoms with E-state index in [-0.39, 0.29) is 5.91 Å². The second kappa shape index (κ2) is 7.40. The van der Waals surface area contributed by atoms with Gasteiger partial charge in [0.05, 0.1) is 23.8 Å². The largest absolute Gasteiger partial charge is 0.465 e. The predicted molar refractivity (Wildman–Crippen MR) is 100 cm³/mol. The molecule has 0 aliphatic carbocycles. The molecule has 5 heteroatoms. The average molecular weight is 351 g/mol. The minimum absolute atomic E-state index is 0.182. The SMILES string of the molecule is C=CCSc1ccccc1C(=O)n1cc(C(=O)OC)c2ccccc21. The molecule has 3 aromatic rings. The molecule has 0 bridgehead atoms. The molecule has 25 heavy (non-hydrogen) atoms. The van der Waals surface area contributed by atoms with Crippen molar-refractivity contribution >= 4 is 34.5 Å². The highest BCUT2D eigenvalue weighted by atomic mass is 32.2. The van der Waals surface area contributed by atoms with Gasteiger partial charge in [0, 0.05) is 22.2 Å². The van der Waals surface area contributed by atoms with Gasteiger partial charge in [-0.1, -0.05) is 36.4 Å². The molecule has 0 aliphatic rings. The quantitative estimate of drug-likeness (QED) is 0.388. The van der Waals surface area contributed by atoms with Gasteiger partial charge in [0.2, 0.25) is 0 Å². The van der Waals surface area contributed by atoms with Crippen LogP contribution in [0.2, 0.25) is 0 Å². The molecule has 0 N–H and O–H groups in total. The lowest BCUT2D eigenvalue weighted by atomic mass is 10.2. The summed E-state index contributed by atoms with van der Waals surface area (Å²) in [5.41, 5.74) is 1.64. The molecule has 126 valence electrons. The predicted octanol–water partition coefficient (Wildman–Crippen LogP) is 4.39. The van der Waals surface area contributed by atoms with E-state index in [2.05, 4.69) is 6.58 Å². The zero-order valence-corrected chi connectivity index (χ0v) is 14.6. The van der Waals surface area contributed by atoms with Crippen molar-refractivity contribution in [3.63, 3.8) is 0 Å². The van der Waals surface area contributed by atoms with Crippen molar-refractivity contribution in [2.45, 2.75) is 4.90 Å². The summed E-state index contributed by atoms with van der Waals surface area (Å²) in [6.07, 6.45) is 3.35. The molecule has 3 rings (SSSR count). The normalized spacial score (nSPS) is 10.6. The Hall–Kier alpha value is -2.79. The minimum atomic E-state index is -0.461. The van der Waals surface area contributed by atoms with Crippen LogP contribution in [0.25, 0.3) is 10.9 Å². The summed E-state index contributed by atoms with van der Waals surface area (Å²) in [7, 11) is 1.33. The van der Waals surface area contributed by atoms with Crippen LogP contribution in [0, 0.1) is 0 Å². The van der Waals surface area contributed by atoms with Gasteiger partial charge in [-0.15, -0.1) is 18.3 Å². The Morgan fingerprint density at radius 2 is 1.84 bits per heavy atom. The van der Waals surface area contributed by atoms with Crippen molar-refractivity contribution < 1.29 is 14.3 Å². The van der Waals surface area contributed by atoms with Crippen molar-refractivity contribution in [3.05, 3.63) is 78.5 Å². The number of methoxy groups -OCH3 is 1. The number of ether oxygens (including phenoxy) is 1. The zero-order valence-electron chi connectivity index (χ0n) is 13.8. The summed E-state index contributed by atoms with van der Waals surface area (Å²) < 4.78 is 6.35. The second-order valence-corrected chi connectivity index (χ2v) is 6.38. The summed E-state index contributed by atoms with van der Waals surface area (Å²) in [6.45, 7) is 3.72. The molecule has 0 saturated heterocycles. The maximum atomic E-state index is 13.1. The average Bonchev–Trinajstić information content (AvgIpc) is 3.05. The Morgan fingerprint density at radius 1 is 1.12 bits per heavy atom. The maximum absolute atomic E-state index is 13.1. The summed E-state index contributed by atoms with van der Waals surface area (Å²) >= 11 is 1.55. The van der Waals surface area contributed by atoms with Crippen molar-refractivity contribution in [2.75, 3.05) is 12.9 Å². The Balaban J connectivity index is 2.13. The highest BCUT2D eigenvalue weighted by Crippen LogP contribution is 2.27. The number of thioether (sulfide) groups is 1. The van der Waals surface area contributed by atoms with E-state index < -0.39 is 5.97 Å². The number of hydrogen-bond donors (Lipinski definition) is 0. The van der Waals surface area contributed by atoms with Crippen molar-refractivity contribution in [1.29, 1.82) is 0 Å². The summed E-state index contributed by atoms with van der Waals surface area (Å²) in [5, 5.41) is 0.693. The number of para-hydroxylation sites is 1. The monoisotopic (exact) mass is 351 g/mol. The number of aromatic nitrogens is 1. The summed E-state index contributed by atoms with van der Waals surface area (Å²) in [5.74, 6) is 0.0695. The number of fused-ring (bicyclic) bond motifs is 1. The molecular formula is C20H17NO3S. The molecule has 0 unspecified atom stereocenters. The van der Waals surface area contributed by atoms with E-state index in [9.17, 15) is 9.59 Å². The van der Waals surface area contributed by atoms with E-state index in [1.54, 1.807) is 30.1 Å². The molecule has 0 saturated carbocycles. The number of nitrogens with zero attached hydrogens (tertiary/aromatic N) is 1. The first kappa shape index (κ1) is 17.0. The van der Waals surface area contributed by atoms with E-state index in [4.69, 9.17) is 4.74 Å². The molecule has 4 nitrogen and oxygen atoms in total. The lowest BCUT2D eigenvalue weighted by Crippen LogP contribution is -2.12. The van der Waals surface area contributed by atoms with Crippen LogP contribution in [0.1, 0.15) is 20.7 Å². The van der Waals surface area contributed by atoms with E-state index in [0.29, 0.717) is 27.8 Å². The number of carbonyl (C=O) groups excluding carboxylic acids is 2. The summed E-state index contributed by atoms with van der Waals surface area (Å²) in [6, 6.07) is 14.7. The third-order valence-electron chi connectivity index (χ3n) is 3.81. The zero-order chi connectivity index (χ0) is 17.8. The van der Waals surface area contributed by atoms with E-state index in [1.807, 2.05) is 42.5 Å². The molecule has 0 atom stereocenters. The van der Waals surface area contributed by atoms with Crippen molar-refractivity contribution in [3.8, 4) is 0 Å². The highest BCUT2D eigenvalue weighted by Gasteiger charge is 2.20. The van der Waals surface area contributed by atoms with Gasteiger partial charge in [-0.25, -0.2) is 4.79 Å². The van der Waals surface area contributed by atoms with Crippen LogP contribution in [0.3, 0.4) is 0 Å². The van der Waals surface area contributed by atoms with Gasteiger partial charge < -0.3 is 4.74 Å². The molecule has 0 spiro atoms. The molecule has 1 aromatic heterocycles. The molecule has 1 heterocycles. The number of carbonyl (C=O) groups is 2. The Labute approximate surface area is 150 Å². The van der Waals surface area contributed by atoms with Gasteiger partial charge in [-0.3, -0.25) is 9.36 Å². The Kier molecular flexibility index (Phi) is 5.05. The van der Waals surface area contributed by atoms with Crippen molar-refractivity contribution in [2.24, 2.45) is 0 Å². The fraction of sp³-hybridized carbons (Fsp3) is 0.100. The van der Waals surface area contributed by atoms with Gasteiger partial charge in [-0.05, 0) is 18.2 Å². The van der Waals surface area contributed by atoms with Crippen LogP contribution in [-0.2, 0) is 4.74 Å². The first-order valence-electron chi connectivity index (χ1n) is 7.73. The van der Waals surface area contributed by atoms with Crippen LogP contribution < -0.4 is 0 Å². The Morgan fingerprint density at radius 3 is 2.60 bits per heavy atom.